The molecular formula is C107H176N16O21S3. The van der Waals surface area contributed by atoms with Crippen molar-refractivity contribution in [2.24, 2.45) is 73.9 Å². The van der Waals surface area contributed by atoms with Gasteiger partial charge in [0.1, 0.15) is 36.3 Å². The Balaban J connectivity index is 0.000000210. The van der Waals surface area contributed by atoms with Crippen LogP contribution in [0.5, 0.6) is 0 Å². The van der Waals surface area contributed by atoms with Crippen LogP contribution in [-0.2, 0) is 87.2 Å². The number of Topliss-reactive ketones (excluding diaryl/α,β-unsaturated/α-hetero) is 3. The highest BCUT2D eigenvalue weighted by Gasteiger charge is 2.73. The molecule has 0 bridgehead atoms. The van der Waals surface area contributed by atoms with Gasteiger partial charge in [0.2, 0.25) is 62.8 Å². The molecule has 37 nitrogen and oxygen atoms in total. The van der Waals surface area contributed by atoms with E-state index in [4.69, 9.17) is 0 Å². The molecule has 8 aliphatic carbocycles. The van der Waals surface area contributed by atoms with Crippen molar-refractivity contribution in [3.05, 3.63) is 25.3 Å². The summed E-state index contributed by atoms with van der Waals surface area (Å²) in [4.78, 5) is 209. The van der Waals surface area contributed by atoms with E-state index in [1.807, 2.05) is 76.2 Å². The second-order valence-electron chi connectivity index (χ2n) is 51.0. The molecule has 13 fully saturated rings. The molecule has 147 heavy (non-hydrogen) atoms. The summed E-state index contributed by atoms with van der Waals surface area (Å²) in [5, 5.41) is 32.7. The minimum atomic E-state index is -3.59. The zero-order valence-electron chi connectivity index (χ0n) is 91.5. The number of likely N-dealkylation sites (tertiary alicyclic amines) is 3. The maximum Gasteiger partial charge on any atom is 0.315 e. The highest BCUT2D eigenvalue weighted by atomic mass is 32.2. The highest BCUT2D eigenvalue weighted by molar-refractivity contribution is 7.93. The summed E-state index contributed by atoms with van der Waals surface area (Å²) in [6.45, 7) is 46.6. The number of hydrogen-bond acceptors (Lipinski definition) is 21. The summed E-state index contributed by atoms with van der Waals surface area (Å²) in [7, 11) is -8.94. The van der Waals surface area contributed by atoms with Crippen LogP contribution in [0.3, 0.4) is 0 Å². The lowest BCUT2D eigenvalue weighted by Crippen LogP contribution is -2.65. The van der Waals surface area contributed by atoms with Gasteiger partial charge in [0, 0.05) is 52.4 Å². The Morgan fingerprint density at radius 2 is 0.776 bits per heavy atom. The fourth-order valence-corrected chi connectivity index (χ4v) is 31.0. The second kappa shape index (κ2) is 46.1. The van der Waals surface area contributed by atoms with Gasteiger partial charge in [-0.25, -0.2) is 43.9 Å². The van der Waals surface area contributed by atoms with Crippen LogP contribution >= 0.6 is 0 Å². The molecule has 12 N–H and O–H groups in total. The van der Waals surface area contributed by atoms with Crippen molar-refractivity contribution in [2.75, 3.05) is 57.8 Å². The first-order valence-electron chi connectivity index (χ1n) is 54.5. The molecule has 15 amide bonds. The second-order valence-corrected chi connectivity index (χ2v) is 58.2. The smallest absolute Gasteiger partial charge is 0.315 e. The molecule has 0 aromatic heterocycles. The third-order valence-corrected chi connectivity index (χ3v) is 42.5. The van der Waals surface area contributed by atoms with E-state index in [0.29, 0.717) is 122 Å². The van der Waals surface area contributed by atoms with Gasteiger partial charge in [0.05, 0.1) is 61.5 Å². The van der Waals surface area contributed by atoms with Crippen LogP contribution in [0.2, 0.25) is 0 Å². The van der Waals surface area contributed by atoms with Crippen LogP contribution < -0.4 is 63.8 Å². The Bertz CT molecular complexity index is 5280. The summed E-state index contributed by atoms with van der Waals surface area (Å²) in [6, 6.07) is -10.6. The maximum absolute atomic E-state index is 14.5. The van der Waals surface area contributed by atoms with Crippen LogP contribution in [0, 0.1) is 73.9 Å². The number of rotatable bonds is 39. The molecule has 17 atom stereocenters. The molecule has 0 aromatic carbocycles. The zero-order chi connectivity index (χ0) is 109. The molecule has 13 rings (SSSR count). The summed E-state index contributed by atoms with van der Waals surface area (Å²) in [5.74, 6) is -6.93. The molecule has 5 heterocycles. The standard InChI is InChI=1S/C37H61N5O7S.C35H58N6O7S.C35H57N5O7S/c1-10-20-38-31(45)28(43)25(17-16-23-14-15-23)39-30(44)27-26-24(36(26,8)9)21-42(27)32(46)29(34(2,3)4)40-33(47)41-37(18-12-11-13-19-37)22-50(48,49)35(5,6)7;1-8-9-13-23(27(42)30(44)36-21-14-15-21)37-29(43)26-25-22(34(25,5)6)20-41(26)31(45)28(33(2,3)4)38-32(46)39-35(17-11-10-12-18-35)24-16-19-40(7)49(24,47)48;1-8-10-15-23(27(41)30(43)36-19-9-2)37-29(42)26-25-22(34(25,6)7)21-40(26)31(44)28(33(3,4)5)38-32(45)39-35(17-12-11-13-18-35)24-16-14-20-48(24,46)47/h10,23-27,29H,1,11-22H2,2-9H3,(H,38,45)(H,39,44)(H2,40,41,47);21-26,28H,8-20H2,1-7H3,(H,36,44)(H,37,43)(H2,38,39,46);9,22-26,28H,2,8,10-21H2,1,3-7H3,(H,36,43)(H,37,42)(H2,38,39,45)/t24-,25-,26-,27-,29+;2*22-,23-,24+,25-,26-,28+/m000/s1. The van der Waals surface area contributed by atoms with Gasteiger partial charge in [-0.2, -0.15) is 0 Å². The molecule has 828 valence electrons. The van der Waals surface area contributed by atoms with Crippen LogP contribution in [0.4, 0.5) is 14.4 Å². The predicted octanol–water partition coefficient (Wildman–Crippen LogP) is 9.10. The molecule has 8 saturated carbocycles. The summed E-state index contributed by atoms with van der Waals surface area (Å²) < 4.78 is 79.7. The topological polar surface area (TPSA) is 516 Å². The number of carbonyl (C=O) groups excluding carboxylic acids is 15. The average molecular weight is 2120 g/mol. The fourth-order valence-electron chi connectivity index (χ4n) is 25.0. The van der Waals surface area contributed by atoms with E-state index in [2.05, 4.69) is 119 Å². The average Bonchev–Trinajstić information content (AvgIpc) is 1.53. The number of nitrogens with zero attached hydrogens (tertiary/aromatic N) is 4. The van der Waals surface area contributed by atoms with Crippen molar-refractivity contribution in [3.8, 4) is 0 Å². The zero-order valence-corrected chi connectivity index (χ0v) is 93.9. The molecule has 5 aliphatic heterocycles. The first-order chi connectivity index (χ1) is 68.3. The fraction of sp³-hybridized carbons (Fsp3) is 0.822. The minimum Gasteiger partial charge on any atom is -0.347 e. The Morgan fingerprint density at radius 1 is 0.429 bits per heavy atom. The van der Waals surface area contributed by atoms with Gasteiger partial charge in [0.25, 0.3) is 17.7 Å². The molecule has 13 aliphatic rings. The minimum absolute atomic E-state index is 0.00544. The highest BCUT2D eigenvalue weighted by Crippen LogP contribution is 2.67. The number of unbranched alkanes of at least 4 members (excludes halogenated alkanes) is 2. The first kappa shape index (κ1) is 119. The number of urea groups is 3. The SMILES string of the molecule is C=CCNC(=O)C(=O)[C@H](CCC1CC1)NC(=O)[C@@H]1[C@@H]2[C@H](CN1C(=O)[C@@H](NC(=O)NC1(CS(=O)(=O)C(C)(C)C)CCCCC1)C(C)(C)C)C2(C)C.C=CCNC(=O)C(=O)[C@H](CCCC)NC(=O)[C@@H]1[C@@H]2[C@H](CN1C(=O)[C@@H](NC(=O)NC1([C@H]3CCCS3(=O)=O)CCCCC1)C(C)(C)C)C2(C)C.CCCC[C@H](NC(=O)[C@@H]1[C@@H]2[C@H](CN1C(=O)[C@@H](NC(=O)NC1([C@H]3CCN(C)S3(=O)=O)CCCCC1)C(C)(C)C)C2(C)C)C(=O)C(=O)NC1CC1. The van der Waals surface area contributed by atoms with Gasteiger partial charge in [-0.15, -0.1) is 13.2 Å². The number of piperidine rings is 3. The number of ketones is 3. The van der Waals surface area contributed by atoms with E-state index in [1.54, 1.807) is 32.7 Å². The van der Waals surface area contributed by atoms with Gasteiger partial charge in [-0.1, -0.05) is 226 Å². The number of carbonyl (C=O) groups is 15. The van der Waals surface area contributed by atoms with E-state index in [-0.39, 0.29) is 88.8 Å². The third kappa shape index (κ3) is 27.2. The van der Waals surface area contributed by atoms with Crippen molar-refractivity contribution in [2.45, 2.75) is 423 Å². The molecule has 0 unspecified atom stereocenters. The Morgan fingerprint density at radius 3 is 1.09 bits per heavy atom. The Hall–Kier alpha value is -8.66. The molecule has 0 aromatic rings. The monoisotopic (exact) mass is 2120 g/mol. The van der Waals surface area contributed by atoms with Gasteiger partial charge in [-0.3, -0.25) is 57.5 Å². The molecule has 5 saturated heterocycles. The van der Waals surface area contributed by atoms with Crippen LogP contribution in [0.15, 0.2) is 25.3 Å². The summed E-state index contributed by atoms with van der Waals surface area (Å²) >= 11 is 0. The van der Waals surface area contributed by atoms with Crippen LogP contribution in [-0.4, -0.2) is 283 Å². The first-order valence-corrected chi connectivity index (χ1v) is 59.4. The number of nitrogens with one attached hydrogen (secondary N) is 12. The van der Waals surface area contributed by atoms with E-state index >= 15 is 0 Å². The van der Waals surface area contributed by atoms with E-state index in [9.17, 15) is 97.2 Å². The summed E-state index contributed by atoms with van der Waals surface area (Å²) in [6.07, 6.45) is 23.6. The lowest BCUT2D eigenvalue weighted by Gasteiger charge is -2.43. The third-order valence-electron chi connectivity index (χ3n) is 34.9. The quantitative estimate of drug-likeness (QED) is 0.0201. The van der Waals surface area contributed by atoms with Gasteiger partial charge >= 0.3 is 18.1 Å². The van der Waals surface area contributed by atoms with Gasteiger partial charge in [-0.05, 0) is 191 Å². The molecular weight excluding hydrogens is 1940 g/mol. The van der Waals surface area contributed by atoms with E-state index in [1.165, 1.54) is 26.3 Å². The molecule has 40 heteroatoms. The number of sulfone groups is 2. The summed E-state index contributed by atoms with van der Waals surface area (Å²) in [5.41, 5.74) is -5.65. The number of sulfonamides is 1. The lowest BCUT2D eigenvalue weighted by molar-refractivity contribution is -0.145. The molecule has 0 radical (unpaired) electrons. The van der Waals surface area contributed by atoms with Gasteiger partial charge in [0.15, 0.2) is 19.7 Å². The van der Waals surface area contributed by atoms with Crippen LogP contribution in [0.1, 0.15) is 331 Å². The van der Waals surface area contributed by atoms with Crippen molar-refractivity contribution in [3.63, 3.8) is 0 Å². The number of fused-ring (bicyclic) bond motifs is 3. The van der Waals surface area contributed by atoms with E-state index < -0.39 is 221 Å². The van der Waals surface area contributed by atoms with Crippen LogP contribution in [0.25, 0.3) is 0 Å². The Kier molecular flexibility index (Phi) is 37.2. The van der Waals surface area contributed by atoms with Crippen molar-refractivity contribution in [1.82, 2.24) is 82.8 Å². The largest absolute Gasteiger partial charge is 0.347 e. The van der Waals surface area contributed by atoms with Crippen molar-refractivity contribution >= 4 is 118 Å². The number of amides is 15. The maximum atomic E-state index is 14.5. The van der Waals surface area contributed by atoms with E-state index in [0.717, 1.165) is 96.3 Å². The molecule has 0 spiro atoms. The lowest BCUT2D eigenvalue weighted by atomic mass is 9.78. The van der Waals surface area contributed by atoms with Gasteiger partial charge < -0.3 is 78.5 Å². The Labute approximate surface area is 873 Å². The predicted molar refractivity (Wildman–Crippen MR) is 561 cm³/mol. The number of hydrogen-bond donors (Lipinski definition) is 12. The van der Waals surface area contributed by atoms with Crippen molar-refractivity contribution in [1.29, 1.82) is 0 Å². The normalized spacial score (nSPS) is 27.6. The van der Waals surface area contributed by atoms with Crippen molar-refractivity contribution < 1.29 is 97.2 Å².